The molecule has 0 radical (unpaired) electrons. The Kier molecular flexibility index (Phi) is 22.4. The van der Waals surface area contributed by atoms with Crippen LogP contribution in [-0.4, -0.2) is 220 Å². The largest absolute Gasteiger partial charge is 0.504 e. The van der Waals surface area contributed by atoms with E-state index in [2.05, 4.69) is 32.2 Å². The van der Waals surface area contributed by atoms with Gasteiger partial charge in [-0.1, -0.05) is 50.0 Å². The predicted octanol–water partition coefficient (Wildman–Crippen LogP) is -3.90. The van der Waals surface area contributed by atoms with Crippen molar-refractivity contribution < 1.29 is 111 Å². The molecule has 8 amide bonds. The number of hydrogen-bond donors (Lipinski definition) is 16. The monoisotopic (exact) mass is 1270 g/mol. The summed E-state index contributed by atoms with van der Waals surface area (Å²) in [6.45, 7) is 3.74. The van der Waals surface area contributed by atoms with E-state index in [-0.39, 0.29) is 5.56 Å². The Bertz CT molecular complexity index is 3340. The number of aromatic hydroxyl groups is 1. The van der Waals surface area contributed by atoms with Crippen molar-refractivity contribution in [3.63, 3.8) is 0 Å². The van der Waals surface area contributed by atoms with Crippen molar-refractivity contribution in [1.82, 2.24) is 41.5 Å². The highest BCUT2D eigenvalue weighted by Crippen LogP contribution is 2.34. The van der Waals surface area contributed by atoms with E-state index in [9.17, 15) is 97.3 Å². The molecule has 33 heteroatoms. The maximum Gasteiger partial charge on any atom is 0.446 e. The molecule has 1 aromatic heterocycles. The molecule has 7 rings (SSSR count). The molecular formula is C56H71N9O23S. The first-order chi connectivity index (χ1) is 42.0. The van der Waals surface area contributed by atoms with Gasteiger partial charge in [-0.25, -0.2) is 0 Å². The van der Waals surface area contributed by atoms with E-state index in [4.69, 9.17) is 15.0 Å². The third-order valence-electron chi connectivity index (χ3n) is 15.2. The van der Waals surface area contributed by atoms with Gasteiger partial charge in [0, 0.05) is 54.6 Å². The highest BCUT2D eigenvalue weighted by atomic mass is 32.3. The van der Waals surface area contributed by atoms with Gasteiger partial charge in [-0.3, -0.25) is 42.9 Å². The van der Waals surface area contributed by atoms with E-state index in [0.717, 1.165) is 32.3 Å². The molecule has 0 bridgehead atoms. The van der Waals surface area contributed by atoms with Crippen molar-refractivity contribution >= 4 is 57.7 Å². The summed E-state index contributed by atoms with van der Waals surface area (Å²) in [6, 6.07) is 3.52. The fourth-order valence-corrected chi connectivity index (χ4v) is 10.7. The van der Waals surface area contributed by atoms with Crippen molar-refractivity contribution in [3.8, 4) is 39.8 Å². The Morgan fingerprint density at radius 3 is 2.07 bits per heavy atom. The SMILES string of the molecule is CCCCCOc1ccc(-c2cc(-c3ccc(C(=O)N[C@H]4C[C@@H](O)[C@@H](O)NC(=O)[C@@H]5[C@@H](O)[C@@H](C)CN5C(=O)[C@H]([C@H](O)CC(N)=O)NC(=O)C([C@H](O)[C@@H](O)c5ccc(O)c(OS(=O)(=O)O)c5)NC(=O)[C@@H]5C[C@@H](O)CN5C(=O)[C@H]([C@@H](C)O)NC4=O)cc3)no2)cc1. The van der Waals surface area contributed by atoms with Crippen molar-refractivity contribution in [2.75, 3.05) is 19.7 Å². The van der Waals surface area contributed by atoms with Crippen molar-refractivity contribution in [3.05, 3.63) is 83.9 Å². The third-order valence-corrected chi connectivity index (χ3v) is 15.6. The van der Waals surface area contributed by atoms with Gasteiger partial charge in [-0.15, -0.1) is 0 Å². The number of aliphatic hydroxyl groups is 8. The van der Waals surface area contributed by atoms with Crippen LogP contribution in [0.5, 0.6) is 17.2 Å². The number of unbranched alkanes of at least 4 members (excludes halogenated alkanes) is 2. The van der Waals surface area contributed by atoms with Gasteiger partial charge in [0.1, 0.15) is 66.0 Å². The Hall–Kier alpha value is -8.38. The second-order valence-electron chi connectivity index (χ2n) is 21.9. The van der Waals surface area contributed by atoms with E-state index >= 15 is 0 Å². The maximum absolute atomic E-state index is 14.7. The Morgan fingerprint density at radius 2 is 1.43 bits per heavy atom. The lowest BCUT2D eigenvalue weighted by atomic mass is 9.96. The highest BCUT2D eigenvalue weighted by molar-refractivity contribution is 7.81. The first-order valence-corrected chi connectivity index (χ1v) is 29.5. The predicted molar refractivity (Wildman–Crippen MR) is 304 cm³/mol. The van der Waals surface area contributed by atoms with Crippen LogP contribution in [0, 0.1) is 5.92 Å². The zero-order valence-electron chi connectivity index (χ0n) is 48.1. The normalized spacial score (nSPS) is 26.4. The zero-order chi connectivity index (χ0) is 65.3. The van der Waals surface area contributed by atoms with Gasteiger partial charge in [-0.2, -0.15) is 8.42 Å². The van der Waals surface area contributed by atoms with Crippen LogP contribution >= 0.6 is 0 Å². The number of aromatic nitrogens is 1. The number of ether oxygens (including phenoxy) is 1. The molecule has 15 atom stereocenters. The van der Waals surface area contributed by atoms with Gasteiger partial charge in [-0.05, 0) is 67.4 Å². The molecule has 3 aliphatic heterocycles. The molecule has 4 heterocycles. The Balaban J connectivity index is 1.22. The van der Waals surface area contributed by atoms with Crippen LogP contribution in [0.1, 0.15) is 81.3 Å². The van der Waals surface area contributed by atoms with Crippen LogP contribution < -0.4 is 41.2 Å². The number of nitrogens with two attached hydrogens (primary N) is 1. The molecule has 3 aromatic carbocycles. The van der Waals surface area contributed by atoms with Gasteiger partial charge in [0.25, 0.3) is 5.91 Å². The minimum Gasteiger partial charge on any atom is -0.504 e. The molecule has 484 valence electrons. The minimum absolute atomic E-state index is 0.107. The number of amides is 8. The van der Waals surface area contributed by atoms with Crippen LogP contribution in [0.4, 0.5) is 0 Å². The minimum atomic E-state index is -5.35. The molecule has 4 aromatic rings. The van der Waals surface area contributed by atoms with E-state index in [1.807, 2.05) is 10.6 Å². The van der Waals surface area contributed by atoms with Gasteiger partial charge in [0.05, 0.1) is 37.4 Å². The number of phenols is 1. The molecule has 1 unspecified atom stereocenters. The van der Waals surface area contributed by atoms with E-state index in [0.29, 0.717) is 56.9 Å². The van der Waals surface area contributed by atoms with E-state index in [1.54, 1.807) is 30.3 Å². The number of benzene rings is 3. The molecule has 0 aliphatic carbocycles. The number of hydrogen-bond acceptors (Lipinski definition) is 23. The van der Waals surface area contributed by atoms with Crippen LogP contribution in [0.25, 0.3) is 22.6 Å². The number of phenolic OH excluding ortho intramolecular Hbond substituents is 1. The molecule has 3 aliphatic rings. The fourth-order valence-electron chi connectivity index (χ4n) is 10.3. The van der Waals surface area contributed by atoms with Crippen molar-refractivity contribution in [2.45, 2.75) is 145 Å². The molecule has 0 spiro atoms. The Labute approximate surface area is 507 Å². The molecule has 89 heavy (non-hydrogen) atoms. The average molecular weight is 1270 g/mol. The molecule has 17 N–H and O–H groups in total. The van der Waals surface area contributed by atoms with Gasteiger partial charge >= 0.3 is 10.4 Å². The van der Waals surface area contributed by atoms with Crippen LogP contribution in [0.15, 0.2) is 77.3 Å². The number of fused-ring (bicyclic) bond motifs is 2. The van der Waals surface area contributed by atoms with Crippen LogP contribution in [-0.2, 0) is 44.0 Å². The highest BCUT2D eigenvalue weighted by Gasteiger charge is 2.51. The number of aliphatic hydroxyl groups excluding tert-OH is 8. The topological polar surface area (TPSA) is 510 Å². The van der Waals surface area contributed by atoms with Crippen LogP contribution in [0.2, 0.25) is 0 Å². The number of carbonyl (C=O) groups is 8. The van der Waals surface area contributed by atoms with Gasteiger partial charge < -0.3 is 102 Å². The molecule has 3 saturated heterocycles. The lowest BCUT2D eigenvalue weighted by molar-refractivity contribution is -0.149. The summed E-state index contributed by atoms with van der Waals surface area (Å²) in [7, 11) is -5.35. The van der Waals surface area contributed by atoms with Crippen molar-refractivity contribution in [2.24, 2.45) is 11.7 Å². The first-order valence-electron chi connectivity index (χ1n) is 28.1. The second-order valence-corrected chi connectivity index (χ2v) is 22.9. The molecule has 32 nitrogen and oxygen atoms in total. The average Bonchev–Trinajstić information content (AvgIpc) is 2.76. The summed E-state index contributed by atoms with van der Waals surface area (Å²) in [6.07, 6.45) is -17.3. The standard InChI is InChI=1S/C56H71N9O23S/c1-4-5-6-17-86-32-14-11-28(12-15-32)39-21-33(63-87-39)27-7-9-29(10-8-27)49(75)58-34-20-38(70)52(78)62-54(80)45-46(72)25(2)23-65(45)56(82)43(37(69)22-41(57)71)60-53(79)44(48(74)47(73)30-13-16-36(68)40(18-30)88-89(83,84)85)61-51(77)35-19-31(67)24-64(35)55(81)42(26(3)66)59-50(34)76/h7-16,18,21,25-26,31,34-35,37-38,42-48,52,66-70,72-74,78H,4-6,17,19-20,22-24H2,1-3H3,(H2,57,71)(H,58,75)(H,59,76)(H,60,79)(H,61,77)(H,62,80)(H,83,84,85)/t25-,26+,31+,34-,35-,37+,38+,42-,43-,44?,45-,46-,47-,48-,52+/m0/s1. The smallest absolute Gasteiger partial charge is 0.446 e. The second kappa shape index (κ2) is 29.3. The lowest BCUT2D eigenvalue weighted by Gasteiger charge is -2.34. The van der Waals surface area contributed by atoms with Crippen LogP contribution in [0.3, 0.4) is 0 Å². The lowest BCUT2D eigenvalue weighted by Crippen LogP contribution is -2.64. The number of nitrogens with zero attached hydrogens (tertiary/aromatic N) is 3. The van der Waals surface area contributed by atoms with Gasteiger partial charge in [0.15, 0.2) is 23.5 Å². The number of primary amides is 1. The number of rotatable bonds is 18. The summed E-state index contributed by atoms with van der Waals surface area (Å²) in [5.74, 6) is -12.9. The van der Waals surface area contributed by atoms with Gasteiger partial charge in [0.2, 0.25) is 41.4 Å². The summed E-state index contributed by atoms with van der Waals surface area (Å²) in [4.78, 5) is 115. The fraction of sp³-hybridized carbons (Fsp3) is 0.482. The molecule has 0 saturated carbocycles. The molecular weight excluding hydrogens is 1200 g/mol. The summed E-state index contributed by atoms with van der Waals surface area (Å²) >= 11 is 0. The van der Waals surface area contributed by atoms with E-state index in [1.165, 1.54) is 31.2 Å². The van der Waals surface area contributed by atoms with Crippen molar-refractivity contribution in [1.29, 1.82) is 0 Å². The number of nitrogens with one attached hydrogen (secondary N) is 5. The summed E-state index contributed by atoms with van der Waals surface area (Å²) < 4.78 is 48.1. The maximum atomic E-state index is 14.7. The summed E-state index contributed by atoms with van der Waals surface area (Å²) in [5.41, 5.74) is 6.17. The van der Waals surface area contributed by atoms with E-state index < -0.39 is 198 Å². The Morgan fingerprint density at radius 1 is 0.787 bits per heavy atom. The first kappa shape index (κ1) is 68.1. The zero-order valence-corrected chi connectivity index (χ0v) is 48.9. The third kappa shape index (κ3) is 16.9. The quantitative estimate of drug-likeness (QED) is 0.0334. The summed E-state index contributed by atoms with van der Waals surface area (Å²) in [5, 5.41) is 116. The number of carbonyl (C=O) groups excluding carboxylic acids is 8. The molecule has 3 fully saturated rings.